The Morgan fingerprint density at radius 2 is 1.84 bits per heavy atom. The molecule has 0 atom stereocenters. The minimum Gasteiger partial charge on any atom is -0.485 e. The highest BCUT2D eigenvalue weighted by molar-refractivity contribution is 5.94. The Bertz CT molecular complexity index is 986. The van der Waals surface area contributed by atoms with Crippen LogP contribution in [0.4, 0.5) is 4.39 Å². The van der Waals surface area contributed by atoms with Gasteiger partial charge in [0.15, 0.2) is 11.4 Å². The van der Waals surface area contributed by atoms with Gasteiger partial charge in [0, 0.05) is 26.2 Å². The number of hydrogen-bond acceptors (Lipinski definition) is 5. The molecule has 1 aliphatic heterocycles. The predicted molar refractivity (Wildman–Crippen MR) is 114 cm³/mol. The van der Waals surface area contributed by atoms with E-state index in [2.05, 4.69) is 15.3 Å². The third-order valence-corrected chi connectivity index (χ3v) is 5.04. The molecule has 0 unspecified atom stereocenters. The summed E-state index contributed by atoms with van der Waals surface area (Å²) in [5.74, 6) is -0.272. The number of nitrogens with one attached hydrogen (secondary N) is 1. The van der Waals surface area contributed by atoms with Crippen LogP contribution in [0.25, 0.3) is 5.69 Å². The normalized spacial score (nSPS) is 14.4. The first-order valence-corrected chi connectivity index (χ1v) is 10.3. The van der Waals surface area contributed by atoms with E-state index in [1.807, 2.05) is 30.3 Å². The molecule has 31 heavy (non-hydrogen) atoms. The molecule has 1 N–H and O–H groups in total. The van der Waals surface area contributed by atoms with Gasteiger partial charge >= 0.3 is 0 Å². The number of rotatable bonds is 8. The number of carbonyl (C=O) groups is 1. The van der Waals surface area contributed by atoms with Crippen molar-refractivity contribution in [1.82, 2.24) is 20.0 Å². The van der Waals surface area contributed by atoms with Crippen molar-refractivity contribution in [3.8, 4) is 11.4 Å². The van der Waals surface area contributed by atoms with Crippen LogP contribution in [0, 0.1) is 5.82 Å². The summed E-state index contributed by atoms with van der Waals surface area (Å²) in [5, 5.41) is 7.33. The number of amides is 1. The monoisotopic (exact) mass is 424 g/mol. The van der Waals surface area contributed by atoms with Gasteiger partial charge in [0.05, 0.1) is 25.1 Å². The van der Waals surface area contributed by atoms with Gasteiger partial charge in [-0.1, -0.05) is 30.3 Å². The minimum atomic E-state index is -0.336. The Hall–Kier alpha value is -3.23. The molecule has 1 saturated heterocycles. The van der Waals surface area contributed by atoms with Crippen molar-refractivity contribution in [2.24, 2.45) is 0 Å². The molecule has 0 saturated carbocycles. The Morgan fingerprint density at radius 1 is 1.10 bits per heavy atom. The van der Waals surface area contributed by atoms with Gasteiger partial charge in [-0.15, -0.1) is 0 Å². The van der Waals surface area contributed by atoms with Gasteiger partial charge < -0.3 is 14.8 Å². The number of aromatic nitrogens is 2. The standard InChI is InChI=1S/C23H25FN4O3/c24-19-6-8-20(9-7-19)28-16-21(31-17-18-4-2-1-3-5-18)22(26-28)23(29)25-10-11-27-12-14-30-15-13-27/h1-9,16H,10-15,17H2,(H,25,29). The largest absolute Gasteiger partial charge is 0.485 e. The molecule has 0 bridgehead atoms. The van der Waals surface area contributed by atoms with Crippen molar-refractivity contribution in [3.05, 3.63) is 77.9 Å². The van der Waals surface area contributed by atoms with Crippen LogP contribution in [0.2, 0.25) is 0 Å². The number of carbonyl (C=O) groups excluding carboxylic acids is 1. The van der Waals surface area contributed by atoms with Crippen LogP contribution in [0.15, 0.2) is 60.8 Å². The summed E-state index contributed by atoms with van der Waals surface area (Å²) in [7, 11) is 0. The predicted octanol–water partition coefficient (Wildman–Crippen LogP) is 2.65. The van der Waals surface area contributed by atoms with E-state index < -0.39 is 0 Å². The summed E-state index contributed by atoms with van der Waals surface area (Å²) in [4.78, 5) is 15.1. The number of benzene rings is 2. The average molecular weight is 424 g/mol. The van der Waals surface area contributed by atoms with E-state index in [4.69, 9.17) is 9.47 Å². The molecule has 8 heteroatoms. The zero-order chi connectivity index (χ0) is 21.5. The summed E-state index contributed by atoms with van der Waals surface area (Å²) in [6.45, 7) is 4.71. The first-order valence-electron chi connectivity index (χ1n) is 10.3. The molecular weight excluding hydrogens is 399 g/mol. The molecule has 1 fully saturated rings. The fourth-order valence-electron chi connectivity index (χ4n) is 3.32. The van der Waals surface area contributed by atoms with Crippen LogP contribution < -0.4 is 10.1 Å². The average Bonchev–Trinajstić information content (AvgIpc) is 3.24. The maximum absolute atomic E-state index is 13.3. The van der Waals surface area contributed by atoms with Crippen molar-refractivity contribution in [2.75, 3.05) is 39.4 Å². The smallest absolute Gasteiger partial charge is 0.275 e. The Kier molecular flexibility index (Phi) is 6.91. The molecule has 4 rings (SSSR count). The lowest BCUT2D eigenvalue weighted by atomic mass is 10.2. The third-order valence-electron chi connectivity index (χ3n) is 5.04. The molecule has 1 amide bonds. The first kappa shape index (κ1) is 21.0. The zero-order valence-corrected chi connectivity index (χ0v) is 17.2. The molecule has 7 nitrogen and oxygen atoms in total. The number of halogens is 1. The Morgan fingerprint density at radius 3 is 2.58 bits per heavy atom. The van der Waals surface area contributed by atoms with E-state index >= 15 is 0 Å². The lowest BCUT2D eigenvalue weighted by Gasteiger charge is -2.26. The van der Waals surface area contributed by atoms with E-state index in [0.29, 0.717) is 37.8 Å². The van der Waals surface area contributed by atoms with Crippen molar-refractivity contribution in [1.29, 1.82) is 0 Å². The lowest BCUT2D eigenvalue weighted by molar-refractivity contribution is 0.0383. The zero-order valence-electron chi connectivity index (χ0n) is 17.2. The van der Waals surface area contributed by atoms with Gasteiger partial charge in [-0.05, 0) is 29.8 Å². The molecule has 0 radical (unpaired) electrons. The fourth-order valence-corrected chi connectivity index (χ4v) is 3.32. The van der Waals surface area contributed by atoms with Crippen LogP contribution in [0.5, 0.6) is 5.75 Å². The molecule has 2 aromatic carbocycles. The van der Waals surface area contributed by atoms with Crippen LogP contribution in [-0.2, 0) is 11.3 Å². The summed E-state index contributed by atoms with van der Waals surface area (Å²) >= 11 is 0. The Labute approximate surface area is 180 Å². The second-order valence-corrected chi connectivity index (χ2v) is 7.25. The highest BCUT2D eigenvalue weighted by Crippen LogP contribution is 2.21. The molecule has 0 aliphatic carbocycles. The van der Waals surface area contributed by atoms with Gasteiger partial charge in [-0.2, -0.15) is 5.10 Å². The molecule has 162 valence electrons. The van der Waals surface area contributed by atoms with Gasteiger partial charge in [0.1, 0.15) is 12.4 Å². The highest BCUT2D eigenvalue weighted by atomic mass is 19.1. The molecule has 0 spiro atoms. The topological polar surface area (TPSA) is 68.6 Å². The first-order chi connectivity index (χ1) is 15.2. The molecule has 1 aromatic heterocycles. The van der Waals surface area contributed by atoms with Crippen molar-refractivity contribution >= 4 is 5.91 Å². The number of hydrogen-bond donors (Lipinski definition) is 1. The molecular formula is C23H25FN4O3. The van der Waals surface area contributed by atoms with Crippen molar-refractivity contribution in [3.63, 3.8) is 0 Å². The van der Waals surface area contributed by atoms with Crippen molar-refractivity contribution in [2.45, 2.75) is 6.61 Å². The molecule has 1 aliphatic rings. The van der Waals surface area contributed by atoms with Crippen LogP contribution in [0.3, 0.4) is 0 Å². The number of ether oxygens (including phenoxy) is 2. The maximum Gasteiger partial charge on any atom is 0.275 e. The minimum absolute atomic E-state index is 0.197. The maximum atomic E-state index is 13.3. The third kappa shape index (κ3) is 5.68. The summed E-state index contributed by atoms with van der Waals surface area (Å²) in [6, 6.07) is 15.6. The van der Waals surface area contributed by atoms with Crippen LogP contribution in [0.1, 0.15) is 16.1 Å². The Balaban J connectivity index is 1.47. The van der Waals surface area contributed by atoms with E-state index in [0.717, 1.165) is 25.2 Å². The van der Waals surface area contributed by atoms with Gasteiger partial charge in [-0.25, -0.2) is 9.07 Å². The van der Waals surface area contributed by atoms with E-state index in [1.54, 1.807) is 18.3 Å². The molecule has 2 heterocycles. The van der Waals surface area contributed by atoms with Crippen LogP contribution >= 0.6 is 0 Å². The highest BCUT2D eigenvalue weighted by Gasteiger charge is 2.20. The summed E-state index contributed by atoms with van der Waals surface area (Å²) in [6.07, 6.45) is 1.65. The second-order valence-electron chi connectivity index (χ2n) is 7.25. The number of morpholine rings is 1. The van der Waals surface area contributed by atoms with E-state index in [-0.39, 0.29) is 17.4 Å². The lowest BCUT2D eigenvalue weighted by Crippen LogP contribution is -2.41. The second kappa shape index (κ2) is 10.2. The van der Waals surface area contributed by atoms with Gasteiger partial charge in [-0.3, -0.25) is 9.69 Å². The van der Waals surface area contributed by atoms with Gasteiger partial charge in [0.25, 0.3) is 5.91 Å². The van der Waals surface area contributed by atoms with Crippen molar-refractivity contribution < 1.29 is 18.7 Å². The quantitative estimate of drug-likeness (QED) is 0.602. The van der Waals surface area contributed by atoms with E-state index in [9.17, 15) is 9.18 Å². The SMILES string of the molecule is O=C(NCCN1CCOCC1)c1nn(-c2ccc(F)cc2)cc1OCc1ccccc1. The van der Waals surface area contributed by atoms with E-state index in [1.165, 1.54) is 16.8 Å². The van der Waals surface area contributed by atoms with Gasteiger partial charge in [0.2, 0.25) is 0 Å². The molecule has 3 aromatic rings. The summed E-state index contributed by atoms with van der Waals surface area (Å²) < 4.78 is 26.1. The number of nitrogens with zero attached hydrogens (tertiary/aromatic N) is 3. The van der Waals surface area contributed by atoms with Crippen LogP contribution in [-0.4, -0.2) is 60.0 Å². The summed E-state index contributed by atoms with van der Waals surface area (Å²) in [5.41, 5.74) is 1.82. The fraction of sp³-hybridized carbons (Fsp3) is 0.304.